The second-order valence-electron chi connectivity index (χ2n) is 3.73. The summed E-state index contributed by atoms with van der Waals surface area (Å²) in [5, 5.41) is 11.0. The van der Waals surface area contributed by atoms with E-state index in [-0.39, 0.29) is 10.5 Å². The number of carbonyl (C=O) groups excluding carboxylic acids is 1. The van der Waals surface area contributed by atoms with Crippen molar-refractivity contribution in [2.45, 2.75) is 9.79 Å². The fraction of sp³-hybridized carbons (Fsp3) is 0.0714. The summed E-state index contributed by atoms with van der Waals surface area (Å²) in [5.41, 5.74) is -0.0587. The molecule has 4 nitrogen and oxygen atoms in total. The Labute approximate surface area is 113 Å². The molecule has 0 heterocycles. The predicted octanol–water partition coefficient (Wildman–Crippen LogP) is 1.23. The van der Waals surface area contributed by atoms with Gasteiger partial charge in [0.05, 0.1) is 28.8 Å². The van der Waals surface area contributed by atoms with E-state index < -0.39 is 16.8 Å². The molecule has 0 radical (unpaired) electrons. The van der Waals surface area contributed by atoms with E-state index in [2.05, 4.69) is 0 Å². The number of rotatable bonds is 4. The summed E-state index contributed by atoms with van der Waals surface area (Å²) in [5.74, 6) is -0.689. The molecular weight excluding hydrogens is 264 g/mol. The van der Waals surface area contributed by atoms with Crippen LogP contribution >= 0.6 is 0 Å². The van der Waals surface area contributed by atoms with Crippen LogP contribution in [0, 0.1) is 0 Å². The van der Waals surface area contributed by atoms with Crippen molar-refractivity contribution < 1.29 is 18.8 Å². The second kappa shape index (κ2) is 5.67. The van der Waals surface area contributed by atoms with Gasteiger partial charge < -0.3 is 14.6 Å². The molecule has 0 saturated carbocycles. The van der Waals surface area contributed by atoms with Crippen molar-refractivity contribution >= 4 is 16.8 Å². The lowest BCUT2D eigenvalue weighted by Crippen LogP contribution is -2.23. The highest BCUT2D eigenvalue weighted by Gasteiger charge is 2.12. The Bertz CT molecular complexity index is 620. The van der Waals surface area contributed by atoms with E-state index in [4.69, 9.17) is 4.74 Å². The zero-order valence-electron chi connectivity index (χ0n) is 10.2. The third-order valence-electron chi connectivity index (χ3n) is 2.58. The second-order valence-corrected chi connectivity index (χ2v) is 5.18. The van der Waals surface area contributed by atoms with E-state index in [1.165, 1.54) is 19.2 Å². The van der Waals surface area contributed by atoms with Crippen molar-refractivity contribution in [1.82, 2.24) is 0 Å². The Hall–Kier alpha value is -2.14. The highest BCUT2D eigenvalue weighted by molar-refractivity contribution is 7.85. The van der Waals surface area contributed by atoms with E-state index in [1.54, 1.807) is 36.4 Å². The maximum absolute atomic E-state index is 12.4. The van der Waals surface area contributed by atoms with Crippen LogP contribution in [-0.4, -0.2) is 17.3 Å². The SMILES string of the molecule is COc1ccc([S@](=O)c2ccccc2C(=O)[O-])cc1. The number of ether oxygens (including phenoxy) is 1. The molecule has 0 aliphatic heterocycles. The van der Waals surface area contributed by atoms with E-state index >= 15 is 0 Å². The van der Waals surface area contributed by atoms with Gasteiger partial charge in [-0.25, -0.2) is 4.21 Å². The van der Waals surface area contributed by atoms with Crippen molar-refractivity contribution in [3.05, 3.63) is 54.1 Å². The first-order valence-corrected chi connectivity index (χ1v) is 6.64. The van der Waals surface area contributed by atoms with Gasteiger partial charge in [0.2, 0.25) is 0 Å². The molecule has 0 N–H and O–H groups in total. The van der Waals surface area contributed by atoms with Crippen molar-refractivity contribution in [3.63, 3.8) is 0 Å². The summed E-state index contributed by atoms with van der Waals surface area (Å²) in [7, 11) is -0.0265. The van der Waals surface area contributed by atoms with Crippen LogP contribution in [0.2, 0.25) is 0 Å². The standard InChI is InChI=1S/C14H12O4S/c1-18-10-6-8-11(9-7-10)19(17)13-5-3-2-4-12(13)14(15)16/h2-9H,1H3,(H,15,16)/p-1/t19-/m0/s1. The first-order valence-electron chi connectivity index (χ1n) is 5.49. The average Bonchev–Trinajstić information content (AvgIpc) is 2.46. The van der Waals surface area contributed by atoms with E-state index in [1.807, 2.05) is 0 Å². The number of carbonyl (C=O) groups is 1. The normalized spacial score (nSPS) is 11.8. The lowest BCUT2D eigenvalue weighted by atomic mass is 10.2. The van der Waals surface area contributed by atoms with Crippen LogP contribution in [0.15, 0.2) is 58.3 Å². The van der Waals surface area contributed by atoms with Crippen molar-refractivity contribution in [2.24, 2.45) is 0 Å². The summed E-state index contributed by atoms with van der Waals surface area (Å²) in [4.78, 5) is 11.7. The van der Waals surface area contributed by atoms with E-state index in [0.29, 0.717) is 10.6 Å². The molecule has 0 spiro atoms. The zero-order chi connectivity index (χ0) is 13.8. The molecule has 0 fully saturated rings. The first kappa shape index (κ1) is 13.3. The van der Waals surface area contributed by atoms with Gasteiger partial charge in [-0.1, -0.05) is 18.2 Å². The molecule has 98 valence electrons. The van der Waals surface area contributed by atoms with Gasteiger partial charge in [0.25, 0.3) is 0 Å². The van der Waals surface area contributed by atoms with Crippen molar-refractivity contribution in [1.29, 1.82) is 0 Å². The molecule has 0 amide bonds. The Morgan fingerprint density at radius 1 is 1.11 bits per heavy atom. The average molecular weight is 275 g/mol. The van der Waals surface area contributed by atoms with Gasteiger partial charge in [0, 0.05) is 10.5 Å². The maximum Gasteiger partial charge on any atom is 0.118 e. The first-order chi connectivity index (χ1) is 9.13. The van der Waals surface area contributed by atoms with Crippen LogP contribution < -0.4 is 9.84 Å². The molecule has 2 aromatic rings. The molecule has 19 heavy (non-hydrogen) atoms. The summed E-state index contributed by atoms with van der Waals surface area (Å²) in [6.45, 7) is 0. The van der Waals surface area contributed by atoms with E-state index in [0.717, 1.165) is 0 Å². The number of hydrogen-bond donors (Lipinski definition) is 0. The minimum absolute atomic E-state index is 0.0587. The molecule has 2 aromatic carbocycles. The number of methoxy groups -OCH3 is 1. The van der Waals surface area contributed by atoms with Gasteiger partial charge >= 0.3 is 0 Å². The Kier molecular flexibility index (Phi) is 3.97. The van der Waals surface area contributed by atoms with Gasteiger partial charge in [0.1, 0.15) is 5.75 Å². The number of carboxylic acid groups (broad SMARTS) is 1. The van der Waals surface area contributed by atoms with Crippen LogP contribution in [0.3, 0.4) is 0 Å². The number of benzene rings is 2. The molecule has 0 aliphatic rings. The van der Waals surface area contributed by atoms with Crippen molar-refractivity contribution in [2.75, 3.05) is 7.11 Å². The van der Waals surface area contributed by atoms with Gasteiger partial charge in [-0.2, -0.15) is 0 Å². The Morgan fingerprint density at radius 2 is 1.74 bits per heavy atom. The molecular formula is C14H11O4S-. The minimum Gasteiger partial charge on any atom is -0.545 e. The van der Waals surface area contributed by atoms with E-state index in [9.17, 15) is 14.1 Å². The molecule has 1 atom stereocenters. The molecule has 0 saturated heterocycles. The quantitative estimate of drug-likeness (QED) is 0.841. The maximum atomic E-state index is 12.4. The highest BCUT2D eigenvalue weighted by atomic mass is 32.2. The highest BCUT2D eigenvalue weighted by Crippen LogP contribution is 2.21. The third kappa shape index (κ3) is 2.82. The largest absolute Gasteiger partial charge is 0.545 e. The molecule has 2 rings (SSSR count). The molecule has 0 aliphatic carbocycles. The number of carboxylic acids is 1. The summed E-state index contributed by atoms with van der Waals surface area (Å²) >= 11 is 0. The summed E-state index contributed by atoms with van der Waals surface area (Å²) in [6.07, 6.45) is 0. The van der Waals surface area contributed by atoms with Crippen LogP contribution in [0.1, 0.15) is 10.4 Å². The molecule has 0 aromatic heterocycles. The van der Waals surface area contributed by atoms with Crippen LogP contribution in [0.4, 0.5) is 0 Å². The zero-order valence-corrected chi connectivity index (χ0v) is 11.0. The molecule has 0 bridgehead atoms. The minimum atomic E-state index is -1.57. The van der Waals surface area contributed by atoms with Crippen LogP contribution in [-0.2, 0) is 10.8 Å². The summed E-state index contributed by atoms with van der Waals surface area (Å²) < 4.78 is 17.4. The third-order valence-corrected chi connectivity index (χ3v) is 4.04. The summed E-state index contributed by atoms with van der Waals surface area (Å²) in [6, 6.07) is 12.7. The number of hydrogen-bond acceptors (Lipinski definition) is 4. The lowest BCUT2D eigenvalue weighted by Gasteiger charge is -2.10. The van der Waals surface area contributed by atoms with Gasteiger partial charge in [-0.15, -0.1) is 0 Å². The van der Waals surface area contributed by atoms with Crippen molar-refractivity contribution in [3.8, 4) is 5.75 Å². The predicted molar refractivity (Wildman–Crippen MR) is 68.4 cm³/mol. The Morgan fingerprint density at radius 3 is 2.32 bits per heavy atom. The topological polar surface area (TPSA) is 66.4 Å². The Balaban J connectivity index is 2.41. The molecule has 0 unspecified atom stereocenters. The fourth-order valence-corrected chi connectivity index (χ4v) is 2.81. The van der Waals surface area contributed by atoms with Crippen LogP contribution in [0.25, 0.3) is 0 Å². The molecule has 5 heteroatoms. The monoisotopic (exact) mass is 275 g/mol. The smallest absolute Gasteiger partial charge is 0.118 e. The van der Waals surface area contributed by atoms with Gasteiger partial charge in [-0.05, 0) is 30.3 Å². The van der Waals surface area contributed by atoms with Gasteiger partial charge in [-0.3, -0.25) is 0 Å². The van der Waals surface area contributed by atoms with Gasteiger partial charge in [0.15, 0.2) is 0 Å². The fourth-order valence-electron chi connectivity index (χ4n) is 1.62. The van der Waals surface area contributed by atoms with Crippen LogP contribution in [0.5, 0.6) is 5.75 Å². The lowest BCUT2D eigenvalue weighted by molar-refractivity contribution is -0.255. The number of aromatic carboxylic acids is 1.